The molecule has 3 aliphatic rings. The molecule has 0 radical (unpaired) electrons. The topological polar surface area (TPSA) is 74.3 Å². The van der Waals surface area contributed by atoms with E-state index in [2.05, 4.69) is 20.5 Å². The summed E-state index contributed by atoms with van der Waals surface area (Å²) in [4.78, 5) is 33.1. The number of carbonyl (C=O) groups is 2. The SMILES string of the molecule is O=C(NCc1ncccc1Cl)[C@H]1C[C@H]2CCCN2[C@]12C(=O)Nc1ccccc12. The lowest BCUT2D eigenvalue weighted by Gasteiger charge is -2.36. The normalized spacial score (nSPS) is 28.2. The molecule has 4 heterocycles. The van der Waals surface area contributed by atoms with Gasteiger partial charge in [-0.05, 0) is 44.0 Å². The Balaban J connectivity index is 1.49. The molecule has 28 heavy (non-hydrogen) atoms. The van der Waals surface area contributed by atoms with Gasteiger partial charge in [0.2, 0.25) is 11.8 Å². The van der Waals surface area contributed by atoms with Gasteiger partial charge in [-0.15, -0.1) is 0 Å². The summed E-state index contributed by atoms with van der Waals surface area (Å²) in [7, 11) is 0. The molecule has 0 aliphatic carbocycles. The first-order valence-corrected chi connectivity index (χ1v) is 10.0. The Morgan fingerprint density at radius 3 is 3.04 bits per heavy atom. The Morgan fingerprint density at radius 2 is 2.18 bits per heavy atom. The quantitative estimate of drug-likeness (QED) is 0.836. The fourth-order valence-electron chi connectivity index (χ4n) is 5.22. The highest BCUT2D eigenvalue weighted by atomic mass is 35.5. The number of fused-ring (bicyclic) bond motifs is 4. The van der Waals surface area contributed by atoms with E-state index >= 15 is 0 Å². The predicted octanol–water partition coefficient (Wildman–Crippen LogP) is 2.68. The lowest BCUT2D eigenvalue weighted by molar-refractivity contribution is -0.137. The van der Waals surface area contributed by atoms with Crippen LogP contribution in [0.5, 0.6) is 0 Å². The third kappa shape index (κ3) is 2.41. The van der Waals surface area contributed by atoms with Gasteiger partial charge < -0.3 is 10.6 Å². The minimum atomic E-state index is -0.921. The number of pyridine rings is 1. The first kappa shape index (κ1) is 17.6. The van der Waals surface area contributed by atoms with Crippen LogP contribution >= 0.6 is 11.6 Å². The average Bonchev–Trinajstić information content (AvgIpc) is 3.35. The third-order valence-electron chi connectivity index (χ3n) is 6.36. The van der Waals surface area contributed by atoms with Crippen LogP contribution in [0.25, 0.3) is 0 Å². The number of aromatic nitrogens is 1. The second-order valence-corrected chi connectivity index (χ2v) is 8.10. The van der Waals surface area contributed by atoms with Gasteiger partial charge in [-0.3, -0.25) is 19.5 Å². The van der Waals surface area contributed by atoms with Crippen molar-refractivity contribution in [3.8, 4) is 0 Å². The van der Waals surface area contributed by atoms with Crippen LogP contribution in [0.2, 0.25) is 5.02 Å². The molecule has 0 saturated carbocycles. The molecule has 6 nitrogen and oxygen atoms in total. The summed E-state index contributed by atoms with van der Waals surface area (Å²) >= 11 is 6.17. The van der Waals surface area contributed by atoms with Gasteiger partial charge in [-0.1, -0.05) is 29.8 Å². The summed E-state index contributed by atoms with van der Waals surface area (Å²) in [6, 6.07) is 11.5. The van der Waals surface area contributed by atoms with E-state index in [0.717, 1.165) is 30.6 Å². The minimum Gasteiger partial charge on any atom is -0.350 e. The first-order chi connectivity index (χ1) is 13.6. The van der Waals surface area contributed by atoms with Gasteiger partial charge in [0.05, 0.1) is 23.2 Å². The molecule has 2 fully saturated rings. The number of hydrogen-bond donors (Lipinski definition) is 2. The Kier molecular flexibility index (Phi) is 4.14. The molecule has 1 aromatic carbocycles. The number of amides is 2. The number of hydrogen-bond acceptors (Lipinski definition) is 4. The molecule has 2 N–H and O–H groups in total. The molecule has 7 heteroatoms. The maximum absolute atomic E-state index is 13.3. The zero-order valence-electron chi connectivity index (χ0n) is 15.3. The zero-order chi connectivity index (χ0) is 19.3. The van der Waals surface area contributed by atoms with E-state index in [4.69, 9.17) is 11.6 Å². The van der Waals surface area contributed by atoms with Crippen molar-refractivity contribution in [2.45, 2.75) is 37.4 Å². The van der Waals surface area contributed by atoms with Crippen LogP contribution in [0, 0.1) is 5.92 Å². The van der Waals surface area contributed by atoms with Crippen LogP contribution in [0.4, 0.5) is 5.69 Å². The van der Waals surface area contributed by atoms with E-state index in [1.807, 2.05) is 24.3 Å². The molecule has 1 spiro atoms. The first-order valence-electron chi connectivity index (χ1n) is 9.67. The lowest BCUT2D eigenvalue weighted by atomic mass is 9.78. The second-order valence-electron chi connectivity index (χ2n) is 7.69. The summed E-state index contributed by atoms with van der Waals surface area (Å²) in [5.41, 5.74) is 1.43. The van der Waals surface area contributed by atoms with Crippen molar-refractivity contribution in [1.82, 2.24) is 15.2 Å². The molecule has 2 aromatic rings. The predicted molar refractivity (Wildman–Crippen MR) is 106 cm³/mol. The molecule has 0 unspecified atom stereocenters. The van der Waals surface area contributed by atoms with Gasteiger partial charge in [0.15, 0.2) is 0 Å². The maximum Gasteiger partial charge on any atom is 0.250 e. The van der Waals surface area contributed by atoms with E-state index in [-0.39, 0.29) is 24.4 Å². The van der Waals surface area contributed by atoms with E-state index in [0.29, 0.717) is 17.1 Å². The van der Waals surface area contributed by atoms with Crippen molar-refractivity contribution in [1.29, 1.82) is 0 Å². The summed E-state index contributed by atoms with van der Waals surface area (Å²) in [5.74, 6) is -0.652. The van der Waals surface area contributed by atoms with Gasteiger partial charge in [0, 0.05) is 23.5 Å². The minimum absolute atomic E-state index is 0.0888. The molecular weight excluding hydrogens is 376 g/mol. The Labute approximate surface area is 168 Å². The summed E-state index contributed by atoms with van der Waals surface area (Å²) in [5, 5.41) is 6.52. The van der Waals surface area contributed by atoms with E-state index in [1.54, 1.807) is 18.3 Å². The Hall–Kier alpha value is -2.44. The van der Waals surface area contributed by atoms with Crippen LogP contribution in [-0.4, -0.2) is 34.3 Å². The lowest BCUT2D eigenvalue weighted by Crippen LogP contribution is -2.54. The van der Waals surface area contributed by atoms with Gasteiger partial charge >= 0.3 is 0 Å². The van der Waals surface area contributed by atoms with Crippen molar-refractivity contribution >= 4 is 29.1 Å². The number of anilines is 1. The summed E-state index contributed by atoms with van der Waals surface area (Å²) in [6.45, 7) is 1.08. The Bertz CT molecular complexity index is 965. The fourth-order valence-corrected chi connectivity index (χ4v) is 5.41. The summed E-state index contributed by atoms with van der Waals surface area (Å²) in [6.07, 6.45) is 4.41. The van der Waals surface area contributed by atoms with Crippen LogP contribution in [-0.2, 0) is 21.7 Å². The van der Waals surface area contributed by atoms with Crippen LogP contribution < -0.4 is 10.6 Å². The second kappa shape index (κ2) is 6.57. The average molecular weight is 397 g/mol. The smallest absolute Gasteiger partial charge is 0.250 e. The van der Waals surface area contributed by atoms with Crippen molar-refractivity contribution in [2.75, 3.05) is 11.9 Å². The molecule has 144 valence electrons. The number of nitrogens with one attached hydrogen (secondary N) is 2. The van der Waals surface area contributed by atoms with Gasteiger partial charge in [-0.2, -0.15) is 0 Å². The number of benzene rings is 1. The summed E-state index contributed by atoms with van der Waals surface area (Å²) < 4.78 is 0. The van der Waals surface area contributed by atoms with Gasteiger partial charge in [0.1, 0.15) is 5.54 Å². The maximum atomic E-state index is 13.3. The monoisotopic (exact) mass is 396 g/mol. The number of carbonyl (C=O) groups excluding carboxylic acids is 2. The molecule has 1 aromatic heterocycles. The van der Waals surface area contributed by atoms with E-state index in [9.17, 15) is 9.59 Å². The van der Waals surface area contributed by atoms with E-state index < -0.39 is 11.5 Å². The largest absolute Gasteiger partial charge is 0.350 e. The molecular formula is C21H21ClN4O2. The standard InChI is InChI=1S/C21H21ClN4O2/c22-16-7-3-9-23-18(16)12-24-19(27)15-11-13-5-4-10-26(13)21(15)14-6-1-2-8-17(14)25-20(21)28/h1-3,6-9,13,15H,4-5,10-12H2,(H,24,27)(H,25,28)/t13-,15-,21+/m1/s1. The van der Waals surface area contributed by atoms with Crippen LogP contribution in [0.1, 0.15) is 30.5 Å². The Morgan fingerprint density at radius 1 is 1.32 bits per heavy atom. The van der Waals surface area contributed by atoms with Crippen LogP contribution in [0.3, 0.4) is 0 Å². The van der Waals surface area contributed by atoms with Crippen molar-refractivity contribution in [3.63, 3.8) is 0 Å². The highest BCUT2D eigenvalue weighted by Gasteiger charge is 2.65. The van der Waals surface area contributed by atoms with Crippen LogP contribution in [0.15, 0.2) is 42.6 Å². The van der Waals surface area contributed by atoms with Crippen molar-refractivity contribution in [2.24, 2.45) is 5.92 Å². The van der Waals surface area contributed by atoms with Gasteiger partial charge in [-0.25, -0.2) is 0 Å². The van der Waals surface area contributed by atoms with E-state index in [1.165, 1.54) is 0 Å². The molecule has 0 bridgehead atoms. The van der Waals surface area contributed by atoms with Gasteiger partial charge in [0.25, 0.3) is 0 Å². The number of rotatable bonds is 3. The third-order valence-corrected chi connectivity index (χ3v) is 6.70. The molecule has 5 rings (SSSR count). The van der Waals surface area contributed by atoms with Crippen molar-refractivity contribution < 1.29 is 9.59 Å². The molecule has 2 saturated heterocycles. The molecule has 2 amide bonds. The highest BCUT2D eigenvalue weighted by molar-refractivity contribution is 6.31. The number of nitrogens with zero attached hydrogens (tertiary/aromatic N) is 2. The molecule has 3 atom stereocenters. The number of halogens is 1. The number of para-hydroxylation sites is 1. The zero-order valence-corrected chi connectivity index (χ0v) is 16.1. The van der Waals surface area contributed by atoms with Crippen molar-refractivity contribution in [3.05, 3.63) is 58.9 Å². The molecule has 3 aliphatic heterocycles. The fraction of sp³-hybridized carbons (Fsp3) is 0.381. The highest BCUT2D eigenvalue weighted by Crippen LogP contribution is 2.55.